The highest BCUT2D eigenvalue weighted by Gasteiger charge is 2.25. The topological polar surface area (TPSA) is 27.8 Å². The van der Waals surface area contributed by atoms with E-state index >= 15 is 0 Å². The highest BCUT2D eigenvalue weighted by molar-refractivity contribution is 5.83. The van der Waals surface area contributed by atoms with Crippen LogP contribution >= 0.6 is 0 Å². The molecule has 0 amide bonds. The van der Waals surface area contributed by atoms with Gasteiger partial charge in [0.25, 0.3) is 0 Å². The van der Waals surface area contributed by atoms with E-state index in [0.717, 1.165) is 5.92 Å². The van der Waals surface area contributed by atoms with E-state index in [1.165, 1.54) is 42.3 Å². The van der Waals surface area contributed by atoms with Crippen LogP contribution in [0, 0.1) is 5.92 Å². The maximum absolute atomic E-state index is 3.71. The third kappa shape index (κ3) is 2.04. The highest BCUT2D eigenvalue weighted by Crippen LogP contribution is 2.31. The van der Waals surface area contributed by atoms with Gasteiger partial charge in [-0.15, -0.1) is 0 Å². The van der Waals surface area contributed by atoms with E-state index in [1.54, 1.807) is 0 Å². The molecule has 0 bridgehead atoms. The van der Waals surface area contributed by atoms with Crippen molar-refractivity contribution in [3.8, 4) is 0 Å². The van der Waals surface area contributed by atoms with Crippen molar-refractivity contribution < 1.29 is 0 Å². The van der Waals surface area contributed by atoms with E-state index in [9.17, 15) is 0 Å². The summed E-state index contributed by atoms with van der Waals surface area (Å²) in [6.45, 7) is 2.31. The van der Waals surface area contributed by atoms with E-state index < -0.39 is 0 Å². The van der Waals surface area contributed by atoms with Gasteiger partial charge in [0.15, 0.2) is 0 Å². The first-order valence-electron chi connectivity index (χ1n) is 6.70. The Hall–Kier alpha value is -1.44. The molecule has 17 heavy (non-hydrogen) atoms. The Morgan fingerprint density at radius 1 is 1.29 bits per heavy atom. The molecule has 1 fully saturated rings. The molecule has 2 heteroatoms. The zero-order chi connectivity index (χ0) is 11.7. The number of aromatic amines is 1. The zero-order valence-electron chi connectivity index (χ0n) is 10.4. The van der Waals surface area contributed by atoms with Crippen LogP contribution in [-0.2, 0) is 0 Å². The number of anilines is 1. The molecule has 0 saturated heterocycles. The predicted octanol–water partition coefficient (Wildman–Crippen LogP) is 4.16. The Morgan fingerprint density at radius 2 is 2.24 bits per heavy atom. The zero-order valence-corrected chi connectivity index (χ0v) is 10.4. The van der Waals surface area contributed by atoms with Gasteiger partial charge in [0.1, 0.15) is 0 Å². The van der Waals surface area contributed by atoms with Gasteiger partial charge in [0, 0.05) is 28.8 Å². The molecule has 2 aromatic rings. The fourth-order valence-corrected chi connectivity index (χ4v) is 3.07. The molecule has 1 saturated carbocycles. The molecule has 1 aromatic carbocycles. The smallest absolute Gasteiger partial charge is 0.0455 e. The Morgan fingerprint density at radius 3 is 3.12 bits per heavy atom. The van der Waals surface area contributed by atoms with Crippen LogP contribution in [0.1, 0.15) is 32.6 Å². The molecule has 2 N–H and O–H groups in total. The Labute approximate surface area is 102 Å². The van der Waals surface area contributed by atoms with E-state index in [-0.39, 0.29) is 0 Å². The normalized spacial score (nSPS) is 24.3. The third-order valence-electron chi connectivity index (χ3n) is 4.09. The number of aromatic nitrogens is 1. The van der Waals surface area contributed by atoms with Crippen LogP contribution < -0.4 is 5.32 Å². The van der Waals surface area contributed by atoms with E-state index in [0.29, 0.717) is 6.04 Å². The van der Waals surface area contributed by atoms with Crippen LogP contribution in [0.5, 0.6) is 0 Å². The SMILES string of the molecule is CCC1CCCC1Nc1ccc2[nH]ccc2c1. The van der Waals surface area contributed by atoms with Crippen molar-refractivity contribution in [3.63, 3.8) is 0 Å². The fraction of sp³-hybridized carbons (Fsp3) is 0.467. The lowest BCUT2D eigenvalue weighted by molar-refractivity contribution is 0.489. The molecule has 2 nitrogen and oxygen atoms in total. The predicted molar refractivity (Wildman–Crippen MR) is 73.3 cm³/mol. The van der Waals surface area contributed by atoms with E-state index in [4.69, 9.17) is 0 Å². The summed E-state index contributed by atoms with van der Waals surface area (Å²) in [6, 6.07) is 9.40. The van der Waals surface area contributed by atoms with Crippen molar-refractivity contribution in [2.24, 2.45) is 5.92 Å². The summed E-state index contributed by atoms with van der Waals surface area (Å²) in [5.74, 6) is 0.858. The number of H-pyrrole nitrogens is 1. The lowest BCUT2D eigenvalue weighted by atomic mass is 10.0. The van der Waals surface area contributed by atoms with Crippen LogP contribution in [0.2, 0.25) is 0 Å². The van der Waals surface area contributed by atoms with Crippen molar-refractivity contribution in [2.75, 3.05) is 5.32 Å². The van der Waals surface area contributed by atoms with E-state index in [1.807, 2.05) is 6.20 Å². The summed E-state index contributed by atoms with van der Waals surface area (Å²) in [7, 11) is 0. The largest absolute Gasteiger partial charge is 0.382 e. The first kappa shape index (κ1) is 10.7. The molecule has 1 aliphatic carbocycles. The van der Waals surface area contributed by atoms with Crippen molar-refractivity contribution in [2.45, 2.75) is 38.6 Å². The van der Waals surface area contributed by atoms with Gasteiger partial charge in [0.05, 0.1) is 0 Å². The van der Waals surface area contributed by atoms with Crippen molar-refractivity contribution in [1.82, 2.24) is 4.98 Å². The Bertz CT molecular complexity index is 500. The summed E-state index contributed by atoms with van der Waals surface area (Å²) in [5.41, 5.74) is 2.48. The maximum atomic E-state index is 3.71. The molecule has 1 aromatic heterocycles. The fourth-order valence-electron chi connectivity index (χ4n) is 3.07. The minimum Gasteiger partial charge on any atom is -0.382 e. The summed E-state index contributed by atoms with van der Waals surface area (Å²) in [4.78, 5) is 3.23. The van der Waals surface area contributed by atoms with Gasteiger partial charge >= 0.3 is 0 Å². The van der Waals surface area contributed by atoms with Gasteiger partial charge in [-0.25, -0.2) is 0 Å². The standard InChI is InChI=1S/C15H20N2/c1-2-11-4-3-5-15(11)17-13-6-7-14-12(10-13)8-9-16-14/h6-11,15-17H,2-5H2,1H3. The van der Waals surface area contributed by atoms with Crippen molar-refractivity contribution >= 4 is 16.6 Å². The lowest BCUT2D eigenvalue weighted by Crippen LogP contribution is -2.23. The average Bonchev–Trinajstić information content (AvgIpc) is 2.96. The molecule has 90 valence electrons. The molecule has 0 radical (unpaired) electrons. The monoisotopic (exact) mass is 228 g/mol. The molecule has 1 aliphatic rings. The van der Waals surface area contributed by atoms with Gasteiger partial charge in [-0.3, -0.25) is 0 Å². The number of fused-ring (bicyclic) bond motifs is 1. The van der Waals surface area contributed by atoms with Gasteiger partial charge in [-0.2, -0.15) is 0 Å². The number of benzene rings is 1. The Balaban J connectivity index is 1.79. The summed E-state index contributed by atoms with van der Waals surface area (Å²) in [6.07, 6.45) is 7.38. The molecule has 0 spiro atoms. The first-order chi connectivity index (χ1) is 8.36. The van der Waals surface area contributed by atoms with Gasteiger partial charge in [-0.05, 0) is 43.0 Å². The van der Waals surface area contributed by atoms with Crippen LogP contribution in [0.3, 0.4) is 0 Å². The second kappa shape index (κ2) is 4.44. The van der Waals surface area contributed by atoms with Crippen molar-refractivity contribution in [3.05, 3.63) is 30.5 Å². The summed E-state index contributed by atoms with van der Waals surface area (Å²) in [5, 5.41) is 5.00. The first-order valence-corrected chi connectivity index (χ1v) is 6.70. The number of nitrogens with one attached hydrogen (secondary N) is 2. The number of hydrogen-bond donors (Lipinski definition) is 2. The molecule has 1 heterocycles. The number of hydrogen-bond acceptors (Lipinski definition) is 1. The number of rotatable bonds is 3. The summed E-state index contributed by atoms with van der Waals surface area (Å²) < 4.78 is 0. The van der Waals surface area contributed by atoms with Crippen LogP contribution in [0.4, 0.5) is 5.69 Å². The van der Waals surface area contributed by atoms with Crippen molar-refractivity contribution in [1.29, 1.82) is 0 Å². The highest BCUT2D eigenvalue weighted by atomic mass is 14.9. The average molecular weight is 228 g/mol. The maximum Gasteiger partial charge on any atom is 0.0455 e. The Kier molecular flexibility index (Phi) is 2.79. The minimum atomic E-state index is 0.677. The van der Waals surface area contributed by atoms with Gasteiger partial charge in [0.2, 0.25) is 0 Å². The third-order valence-corrected chi connectivity index (χ3v) is 4.09. The quantitative estimate of drug-likeness (QED) is 0.811. The molecule has 2 atom stereocenters. The molecular weight excluding hydrogens is 208 g/mol. The molecular formula is C15H20N2. The summed E-state index contributed by atoms with van der Waals surface area (Å²) >= 11 is 0. The lowest BCUT2D eigenvalue weighted by Gasteiger charge is -2.20. The molecule has 3 rings (SSSR count). The second-order valence-corrected chi connectivity index (χ2v) is 5.13. The molecule has 2 unspecified atom stereocenters. The minimum absolute atomic E-state index is 0.677. The van der Waals surface area contributed by atoms with Gasteiger partial charge < -0.3 is 10.3 Å². The van der Waals surface area contributed by atoms with Crippen LogP contribution in [-0.4, -0.2) is 11.0 Å². The van der Waals surface area contributed by atoms with Crippen LogP contribution in [0.15, 0.2) is 30.5 Å². The molecule has 0 aliphatic heterocycles. The van der Waals surface area contributed by atoms with Gasteiger partial charge in [-0.1, -0.05) is 19.8 Å². The van der Waals surface area contributed by atoms with Crippen LogP contribution in [0.25, 0.3) is 10.9 Å². The van der Waals surface area contributed by atoms with E-state index in [2.05, 4.69) is 41.5 Å². The second-order valence-electron chi connectivity index (χ2n) is 5.13.